The summed E-state index contributed by atoms with van der Waals surface area (Å²) in [7, 11) is 0. The van der Waals surface area contributed by atoms with Gasteiger partial charge >= 0.3 is 0 Å². The fourth-order valence-electron chi connectivity index (χ4n) is 4.04. The molecule has 0 fully saturated rings. The fraction of sp³-hybridized carbons (Fsp3) is 0.355. The van der Waals surface area contributed by atoms with Crippen LogP contribution in [0, 0.1) is 13.8 Å². The van der Waals surface area contributed by atoms with E-state index < -0.39 is 6.04 Å². The van der Waals surface area contributed by atoms with E-state index in [2.05, 4.69) is 49.5 Å². The van der Waals surface area contributed by atoms with Crippen LogP contribution in [0.2, 0.25) is 0 Å². The van der Waals surface area contributed by atoms with Crippen LogP contribution >= 0.6 is 11.8 Å². The van der Waals surface area contributed by atoms with Crippen LogP contribution in [0.15, 0.2) is 83.8 Å². The number of rotatable bonds is 12. The molecule has 2 atom stereocenters. The quantitative estimate of drug-likeness (QED) is 0.294. The van der Waals surface area contributed by atoms with Gasteiger partial charge in [0.05, 0.1) is 0 Å². The maximum absolute atomic E-state index is 13.7. The van der Waals surface area contributed by atoms with Gasteiger partial charge in [0.25, 0.3) is 0 Å². The molecule has 0 aliphatic heterocycles. The van der Waals surface area contributed by atoms with Gasteiger partial charge in [0, 0.05) is 36.1 Å². The molecule has 5 heteroatoms. The molecule has 0 saturated carbocycles. The lowest BCUT2D eigenvalue weighted by Gasteiger charge is -2.32. The first kappa shape index (κ1) is 27.5. The Balaban J connectivity index is 1.85. The van der Waals surface area contributed by atoms with E-state index in [4.69, 9.17) is 0 Å². The zero-order valence-electron chi connectivity index (χ0n) is 21.9. The van der Waals surface area contributed by atoms with Gasteiger partial charge < -0.3 is 10.2 Å². The maximum atomic E-state index is 13.7. The van der Waals surface area contributed by atoms with Crippen molar-refractivity contribution in [1.29, 1.82) is 0 Å². The van der Waals surface area contributed by atoms with Crippen LogP contribution in [0.1, 0.15) is 48.9 Å². The van der Waals surface area contributed by atoms with Gasteiger partial charge in [-0.25, -0.2) is 0 Å². The Morgan fingerprint density at radius 3 is 2.25 bits per heavy atom. The van der Waals surface area contributed by atoms with Crippen LogP contribution < -0.4 is 5.32 Å². The second-order valence-corrected chi connectivity index (χ2v) is 10.6. The molecule has 0 aliphatic rings. The second kappa shape index (κ2) is 13.9. The minimum atomic E-state index is -0.584. The standard InChI is InChI=1S/C31H38N2O2S/c1-5-25(4)32-31(35)29(21-26-11-7-6-8-12-26)33(22-27-13-9-10-24(3)20-27)30(34)18-19-36-28-16-14-23(2)15-17-28/h6-17,20,25,29H,5,18-19,21-22H2,1-4H3,(H,32,35). The molecule has 36 heavy (non-hydrogen) atoms. The predicted octanol–water partition coefficient (Wildman–Crippen LogP) is 6.34. The number of hydrogen-bond donors (Lipinski definition) is 1. The number of carbonyl (C=O) groups excluding carboxylic acids is 2. The molecule has 3 rings (SSSR count). The highest BCUT2D eigenvalue weighted by atomic mass is 32.2. The third-order valence-corrected chi connectivity index (χ3v) is 7.33. The second-order valence-electron chi connectivity index (χ2n) is 9.45. The number of benzene rings is 3. The third-order valence-electron chi connectivity index (χ3n) is 6.31. The van der Waals surface area contributed by atoms with Crippen molar-refractivity contribution in [3.8, 4) is 0 Å². The molecule has 0 aliphatic carbocycles. The Labute approximate surface area is 220 Å². The van der Waals surface area contributed by atoms with Crippen LogP contribution in [-0.2, 0) is 22.6 Å². The number of nitrogens with one attached hydrogen (secondary N) is 1. The lowest BCUT2D eigenvalue weighted by atomic mass is 10.0. The number of hydrogen-bond acceptors (Lipinski definition) is 3. The van der Waals surface area contributed by atoms with Crippen molar-refractivity contribution in [3.63, 3.8) is 0 Å². The smallest absolute Gasteiger partial charge is 0.243 e. The van der Waals surface area contributed by atoms with E-state index in [-0.39, 0.29) is 17.9 Å². The fourth-order valence-corrected chi connectivity index (χ4v) is 4.88. The van der Waals surface area contributed by atoms with Gasteiger partial charge in [-0.05, 0) is 50.5 Å². The van der Waals surface area contributed by atoms with Gasteiger partial charge in [-0.15, -0.1) is 11.8 Å². The topological polar surface area (TPSA) is 49.4 Å². The first-order valence-corrected chi connectivity index (χ1v) is 13.7. The normalized spacial score (nSPS) is 12.6. The molecule has 0 bridgehead atoms. The number of thioether (sulfide) groups is 1. The molecule has 2 unspecified atom stereocenters. The molecule has 3 aromatic carbocycles. The first-order chi connectivity index (χ1) is 17.4. The summed E-state index contributed by atoms with van der Waals surface area (Å²) >= 11 is 1.67. The van der Waals surface area contributed by atoms with E-state index in [0.29, 0.717) is 25.1 Å². The SMILES string of the molecule is CCC(C)NC(=O)C(Cc1ccccc1)N(Cc1cccc(C)c1)C(=O)CCSc1ccc(C)cc1. The number of nitrogens with zero attached hydrogens (tertiary/aromatic N) is 1. The molecule has 2 amide bonds. The highest BCUT2D eigenvalue weighted by Crippen LogP contribution is 2.22. The van der Waals surface area contributed by atoms with Gasteiger partial charge in [0.1, 0.15) is 6.04 Å². The summed E-state index contributed by atoms with van der Waals surface area (Å²) in [6, 6.07) is 25.9. The monoisotopic (exact) mass is 502 g/mol. The molecule has 0 radical (unpaired) electrons. The van der Waals surface area contributed by atoms with E-state index >= 15 is 0 Å². The molecule has 0 heterocycles. The van der Waals surface area contributed by atoms with Crippen molar-refractivity contribution in [2.45, 2.75) is 70.5 Å². The molecule has 190 valence electrons. The highest BCUT2D eigenvalue weighted by molar-refractivity contribution is 7.99. The lowest BCUT2D eigenvalue weighted by Crippen LogP contribution is -2.52. The summed E-state index contributed by atoms with van der Waals surface area (Å²) in [4.78, 5) is 30.2. The van der Waals surface area contributed by atoms with Crippen LogP contribution in [0.5, 0.6) is 0 Å². The molecule has 0 saturated heterocycles. The van der Waals surface area contributed by atoms with E-state index in [0.717, 1.165) is 28.0 Å². The van der Waals surface area contributed by atoms with E-state index in [1.54, 1.807) is 16.7 Å². The average molecular weight is 503 g/mol. The van der Waals surface area contributed by atoms with Crippen LogP contribution in [0.3, 0.4) is 0 Å². The van der Waals surface area contributed by atoms with Crippen molar-refractivity contribution >= 4 is 23.6 Å². The summed E-state index contributed by atoms with van der Waals surface area (Å²) in [6.45, 7) is 8.57. The average Bonchev–Trinajstić information content (AvgIpc) is 2.87. The molecular formula is C31H38N2O2S. The maximum Gasteiger partial charge on any atom is 0.243 e. The highest BCUT2D eigenvalue weighted by Gasteiger charge is 2.30. The van der Waals surface area contributed by atoms with Crippen LogP contribution in [0.25, 0.3) is 0 Å². The van der Waals surface area contributed by atoms with Crippen molar-refractivity contribution < 1.29 is 9.59 Å². The number of amides is 2. The van der Waals surface area contributed by atoms with Gasteiger partial charge in [-0.1, -0.05) is 84.8 Å². The number of carbonyl (C=O) groups is 2. The van der Waals surface area contributed by atoms with Gasteiger partial charge in [-0.3, -0.25) is 9.59 Å². The first-order valence-electron chi connectivity index (χ1n) is 12.7. The Kier molecular flexibility index (Phi) is 10.6. The van der Waals surface area contributed by atoms with E-state index in [1.807, 2.05) is 62.4 Å². The van der Waals surface area contributed by atoms with Crippen molar-refractivity contribution in [2.75, 3.05) is 5.75 Å². The molecular weight excluding hydrogens is 464 g/mol. The van der Waals surface area contributed by atoms with Crippen molar-refractivity contribution in [1.82, 2.24) is 10.2 Å². The van der Waals surface area contributed by atoms with Crippen LogP contribution in [0.4, 0.5) is 0 Å². The molecule has 0 spiro atoms. The van der Waals surface area contributed by atoms with Gasteiger partial charge in [0.15, 0.2) is 0 Å². The van der Waals surface area contributed by atoms with Gasteiger partial charge in [0.2, 0.25) is 11.8 Å². The lowest BCUT2D eigenvalue weighted by molar-refractivity contribution is -0.141. The summed E-state index contributed by atoms with van der Waals surface area (Å²) < 4.78 is 0. The molecule has 0 aromatic heterocycles. The summed E-state index contributed by atoms with van der Waals surface area (Å²) in [5.74, 6) is 0.564. The molecule has 1 N–H and O–H groups in total. The Bertz CT molecular complexity index is 1110. The van der Waals surface area contributed by atoms with E-state index in [1.165, 1.54) is 5.56 Å². The zero-order valence-corrected chi connectivity index (χ0v) is 22.7. The van der Waals surface area contributed by atoms with E-state index in [9.17, 15) is 9.59 Å². The Morgan fingerprint density at radius 2 is 1.58 bits per heavy atom. The summed E-state index contributed by atoms with van der Waals surface area (Å²) in [5.41, 5.74) is 4.43. The third kappa shape index (κ3) is 8.56. The molecule has 3 aromatic rings. The van der Waals surface area contributed by atoms with Crippen molar-refractivity contribution in [3.05, 3.63) is 101 Å². The summed E-state index contributed by atoms with van der Waals surface area (Å²) in [5, 5.41) is 3.13. The van der Waals surface area contributed by atoms with Crippen molar-refractivity contribution in [2.24, 2.45) is 0 Å². The zero-order chi connectivity index (χ0) is 25.9. The van der Waals surface area contributed by atoms with Crippen LogP contribution in [-0.4, -0.2) is 34.6 Å². The largest absolute Gasteiger partial charge is 0.352 e. The Hall–Kier alpha value is -3.05. The molecule has 4 nitrogen and oxygen atoms in total. The Morgan fingerprint density at radius 1 is 0.889 bits per heavy atom. The minimum Gasteiger partial charge on any atom is -0.352 e. The van der Waals surface area contributed by atoms with Gasteiger partial charge in [-0.2, -0.15) is 0 Å². The summed E-state index contributed by atoms with van der Waals surface area (Å²) in [6.07, 6.45) is 1.68. The number of aryl methyl sites for hydroxylation is 2. The minimum absolute atomic E-state index is 0.00338. The predicted molar refractivity (Wildman–Crippen MR) is 150 cm³/mol.